The van der Waals surface area contributed by atoms with E-state index in [1.54, 1.807) is 19.2 Å². The lowest BCUT2D eigenvalue weighted by molar-refractivity contribution is -0.134. The van der Waals surface area contributed by atoms with Gasteiger partial charge in [-0.05, 0) is 24.5 Å². The van der Waals surface area contributed by atoms with Gasteiger partial charge < -0.3 is 9.47 Å². The minimum atomic E-state index is -0.210. The Morgan fingerprint density at radius 1 is 1.25 bits per heavy atom. The Morgan fingerprint density at radius 3 is 2.44 bits per heavy atom. The zero-order valence-corrected chi connectivity index (χ0v) is 10.0. The van der Waals surface area contributed by atoms with Gasteiger partial charge in [0, 0.05) is 6.42 Å². The molecule has 0 saturated carbocycles. The van der Waals surface area contributed by atoms with Crippen LogP contribution in [0.1, 0.15) is 26.7 Å². The minimum Gasteiger partial charge on any atom is -0.493 e. The lowest BCUT2D eigenvalue weighted by Crippen LogP contribution is -2.09. The van der Waals surface area contributed by atoms with Crippen molar-refractivity contribution >= 4 is 5.97 Å². The standard InChI is InChI=1S/C13H18O3/c1-10(2)8-9-13(14)16-12-7-5-4-6-11(12)15-3/h4-7,10H,8-9H2,1-3H3. The molecule has 1 aromatic carbocycles. The monoisotopic (exact) mass is 222 g/mol. The van der Waals surface area contributed by atoms with E-state index in [4.69, 9.17) is 9.47 Å². The summed E-state index contributed by atoms with van der Waals surface area (Å²) in [6, 6.07) is 7.15. The number of ether oxygens (including phenoxy) is 2. The van der Waals surface area contributed by atoms with Crippen LogP contribution in [0.4, 0.5) is 0 Å². The summed E-state index contributed by atoms with van der Waals surface area (Å²) < 4.78 is 10.3. The van der Waals surface area contributed by atoms with Gasteiger partial charge in [-0.25, -0.2) is 0 Å². The quantitative estimate of drug-likeness (QED) is 0.567. The molecule has 0 amide bonds. The Morgan fingerprint density at radius 2 is 1.88 bits per heavy atom. The van der Waals surface area contributed by atoms with E-state index in [0.717, 1.165) is 6.42 Å². The molecule has 3 nitrogen and oxygen atoms in total. The van der Waals surface area contributed by atoms with Crippen molar-refractivity contribution in [3.8, 4) is 11.5 Å². The van der Waals surface area contributed by atoms with Crippen LogP contribution >= 0.6 is 0 Å². The zero-order chi connectivity index (χ0) is 12.0. The highest BCUT2D eigenvalue weighted by atomic mass is 16.6. The Bertz CT molecular complexity index is 345. The van der Waals surface area contributed by atoms with Crippen molar-refractivity contribution in [1.29, 1.82) is 0 Å². The summed E-state index contributed by atoms with van der Waals surface area (Å²) in [5, 5.41) is 0. The van der Waals surface area contributed by atoms with E-state index < -0.39 is 0 Å². The summed E-state index contributed by atoms with van der Waals surface area (Å²) in [6.45, 7) is 4.16. The van der Waals surface area contributed by atoms with E-state index in [-0.39, 0.29) is 5.97 Å². The summed E-state index contributed by atoms with van der Waals surface area (Å²) in [5.74, 6) is 1.36. The first-order valence-electron chi connectivity index (χ1n) is 5.47. The smallest absolute Gasteiger partial charge is 0.311 e. The van der Waals surface area contributed by atoms with Crippen LogP contribution in [0.5, 0.6) is 11.5 Å². The molecule has 0 aromatic heterocycles. The average Bonchev–Trinajstić information content (AvgIpc) is 2.27. The molecule has 0 bridgehead atoms. The van der Waals surface area contributed by atoms with E-state index in [2.05, 4.69) is 13.8 Å². The second kappa shape index (κ2) is 6.16. The normalized spacial score (nSPS) is 10.2. The Hall–Kier alpha value is -1.51. The fourth-order valence-electron chi connectivity index (χ4n) is 1.28. The molecule has 0 N–H and O–H groups in total. The number of esters is 1. The van der Waals surface area contributed by atoms with Crippen molar-refractivity contribution in [2.45, 2.75) is 26.7 Å². The number of carbonyl (C=O) groups is 1. The van der Waals surface area contributed by atoms with Crippen LogP contribution in [0, 0.1) is 5.92 Å². The molecule has 0 radical (unpaired) electrons. The highest BCUT2D eigenvalue weighted by Crippen LogP contribution is 2.26. The van der Waals surface area contributed by atoms with Gasteiger partial charge in [0.2, 0.25) is 0 Å². The van der Waals surface area contributed by atoms with Crippen molar-refractivity contribution in [3.63, 3.8) is 0 Å². The zero-order valence-electron chi connectivity index (χ0n) is 10.0. The molecular weight excluding hydrogens is 204 g/mol. The summed E-state index contributed by atoms with van der Waals surface area (Å²) in [5.41, 5.74) is 0. The lowest BCUT2D eigenvalue weighted by Gasteiger charge is -2.09. The molecule has 0 saturated heterocycles. The second-order valence-electron chi connectivity index (χ2n) is 4.06. The topological polar surface area (TPSA) is 35.5 Å². The van der Waals surface area contributed by atoms with Crippen LogP contribution in [0.25, 0.3) is 0 Å². The van der Waals surface area contributed by atoms with E-state index in [1.807, 2.05) is 12.1 Å². The number of hydrogen-bond acceptors (Lipinski definition) is 3. The molecule has 0 heterocycles. The van der Waals surface area contributed by atoms with Crippen molar-refractivity contribution in [2.75, 3.05) is 7.11 Å². The second-order valence-corrected chi connectivity index (χ2v) is 4.06. The van der Waals surface area contributed by atoms with Crippen LogP contribution in [0.15, 0.2) is 24.3 Å². The van der Waals surface area contributed by atoms with E-state index in [9.17, 15) is 4.79 Å². The molecule has 0 aliphatic rings. The van der Waals surface area contributed by atoms with Gasteiger partial charge in [-0.3, -0.25) is 4.79 Å². The lowest BCUT2D eigenvalue weighted by atomic mass is 10.1. The maximum Gasteiger partial charge on any atom is 0.311 e. The molecule has 0 unspecified atom stereocenters. The van der Waals surface area contributed by atoms with E-state index in [1.165, 1.54) is 0 Å². The van der Waals surface area contributed by atoms with E-state index in [0.29, 0.717) is 23.8 Å². The molecule has 16 heavy (non-hydrogen) atoms. The molecule has 1 aromatic rings. The molecular formula is C13H18O3. The first-order chi connectivity index (χ1) is 7.63. The Labute approximate surface area is 96.4 Å². The van der Waals surface area contributed by atoms with Gasteiger partial charge >= 0.3 is 5.97 Å². The number of carbonyl (C=O) groups excluding carboxylic acids is 1. The van der Waals surface area contributed by atoms with Crippen molar-refractivity contribution in [2.24, 2.45) is 5.92 Å². The fraction of sp³-hybridized carbons (Fsp3) is 0.462. The van der Waals surface area contributed by atoms with Gasteiger partial charge in [-0.1, -0.05) is 26.0 Å². The third-order valence-corrected chi connectivity index (χ3v) is 2.22. The van der Waals surface area contributed by atoms with Crippen molar-refractivity contribution < 1.29 is 14.3 Å². The van der Waals surface area contributed by atoms with E-state index >= 15 is 0 Å². The average molecular weight is 222 g/mol. The Balaban J connectivity index is 2.55. The number of para-hydroxylation sites is 2. The third kappa shape index (κ3) is 3.93. The molecule has 88 valence electrons. The van der Waals surface area contributed by atoms with Gasteiger partial charge in [0.05, 0.1) is 7.11 Å². The summed E-state index contributed by atoms with van der Waals surface area (Å²) in [6.07, 6.45) is 1.28. The van der Waals surface area contributed by atoms with Crippen LogP contribution in [0.3, 0.4) is 0 Å². The Kier molecular flexibility index (Phi) is 4.83. The van der Waals surface area contributed by atoms with Gasteiger partial charge in [0.1, 0.15) is 0 Å². The third-order valence-electron chi connectivity index (χ3n) is 2.22. The number of benzene rings is 1. The molecule has 0 fully saturated rings. The summed E-state index contributed by atoms with van der Waals surface area (Å²) in [4.78, 5) is 11.5. The van der Waals surface area contributed by atoms with Crippen LogP contribution in [-0.2, 0) is 4.79 Å². The molecule has 0 spiro atoms. The first-order valence-corrected chi connectivity index (χ1v) is 5.47. The van der Waals surface area contributed by atoms with Crippen molar-refractivity contribution in [1.82, 2.24) is 0 Å². The highest BCUT2D eigenvalue weighted by Gasteiger charge is 2.09. The highest BCUT2D eigenvalue weighted by molar-refractivity contribution is 5.73. The molecule has 0 aliphatic carbocycles. The molecule has 0 atom stereocenters. The predicted molar refractivity (Wildman–Crippen MR) is 62.7 cm³/mol. The van der Waals surface area contributed by atoms with Crippen LogP contribution < -0.4 is 9.47 Å². The van der Waals surface area contributed by atoms with Gasteiger partial charge in [0.25, 0.3) is 0 Å². The summed E-state index contributed by atoms with van der Waals surface area (Å²) in [7, 11) is 1.56. The number of rotatable bonds is 5. The molecule has 3 heteroatoms. The maximum absolute atomic E-state index is 11.5. The minimum absolute atomic E-state index is 0.210. The van der Waals surface area contributed by atoms with Gasteiger partial charge in [-0.15, -0.1) is 0 Å². The van der Waals surface area contributed by atoms with Gasteiger partial charge in [-0.2, -0.15) is 0 Å². The summed E-state index contributed by atoms with van der Waals surface area (Å²) >= 11 is 0. The first kappa shape index (κ1) is 12.6. The molecule has 1 rings (SSSR count). The number of hydrogen-bond donors (Lipinski definition) is 0. The SMILES string of the molecule is COc1ccccc1OC(=O)CCC(C)C. The largest absolute Gasteiger partial charge is 0.493 e. The van der Waals surface area contributed by atoms with Crippen LogP contribution in [0.2, 0.25) is 0 Å². The fourth-order valence-corrected chi connectivity index (χ4v) is 1.28. The van der Waals surface area contributed by atoms with Crippen molar-refractivity contribution in [3.05, 3.63) is 24.3 Å². The van der Waals surface area contributed by atoms with Gasteiger partial charge in [0.15, 0.2) is 11.5 Å². The number of methoxy groups -OCH3 is 1. The molecule has 0 aliphatic heterocycles. The van der Waals surface area contributed by atoms with Crippen LogP contribution in [-0.4, -0.2) is 13.1 Å². The predicted octanol–water partition coefficient (Wildman–Crippen LogP) is 3.04. The maximum atomic E-state index is 11.5.